The van der Waals surface area contributed by atoms with Gasteiger partial charge in [-0.05, 0) is 17.5 Å². The van der Waals surface area contributed by atoms with Gasteiger partial charge in [0.05, 0.1) is 32.2 Å². The first kappa shape index (κ1) is 30.4. The van der Waals surface area contributed by atoms with E-state index in [1.54, 1.807) is 30.3 Å². The zero-order chi connectivity index (χ0) is 28.6. The Bertz CT molecular complexity index is 1140. The van der Waals surface area contributed by atoms with Crippen molar-refractivity contribution in [3.63, 3.8) is 0 Å². The van der Waals surface area contributed by atoms with Crippen LogP contribution in [0.25, 0.3) is 0 Å². The lowest BCUT2D eigenvalue weighted by Crippen LogP contribution is -2.49. The molecule has 2 atom stereocenters. The summed E-state index contributed by atoms with van der Waals surface area (Å²) in [5.74, 6) is -4.45. The standard InChI is InChI=1S/C26H32N6O7/c27-19(11-17-7-3-1-4-8-17)25(37)31-15-23(35)29-13-21(33)28-14-22(34)30-16-24(36)32-20(26(38)39)12-18-9-5-2-6-10-18/h1-10,19-20H,11-16,27H2,(H,28,33)(H,29,35)(H,30,34)(H,31,37)(H,32,36)(H,38,39)/t19-,20-/m0/s1. The van der Waals surface area contributed by atoms with Crippen molar-refractivity contribution in [2.45, 2.75) is 24.9 Å². The van der Waals surface area contributed by atoms with Crippen LogP contribution in [0.3, 0.4) is 0 Å². The molecule has 0 bridgehead atoms. The molecule has 0 heterocycles. The lowest BCUT2D eigenvalue weighted by Gasteiger charge is -2.15. The molecule has 2 aromatic rings. The van der Waals surface area contributed by atoms with Gasteiger partial charge >= 0.3 is 5.97 Å². The molecule has 2 rings (SSSR count). The van der Waals surface area contributed by atoms with Crippen LogP contribution in [-0.2, 0) is 41.6 Å². The Kier molecular flexibility index (Phi) is 12.6. The molecular weight excluding hydrogens is 508 g/mol. The van der Waals surface area contributed by atoms with Gasteiger partial charge in [0.15, 0.2) is 0 Å². The zero-order valence-corrected chi connectivity index (χ0v) is 21.1. The summed E-state index contributed by atoms with van der Waals surface area (Å²) in [5.41, 5.74) is 7.43. The minimum atomic E-state index is -1.22. The lowest BCUT2D eigenvalue weighted by molar-refractivity contribution is -0.141. The summed E-state index contributed by atoms with van der Waals surface area (Å²) in [6, 6.07) is 15.9. The van der Waals surface area contributed by atoms with E-state index in [0.717, 1.165) is 11.1 Å². The molecular formula is C26H32N6O7. The van der Waals surface area contributed by atoms with E-state index in [0.29, 0.717) is 6.42 Å². The molecule has 208 valence electrons. The number of rotatable bonds is 15. The van der Waals surface area contributed by atoms with Crippen LogP contribution in [0.15, 0.2) is 60.7 Å². The van der Waals surface area contributed by atoms with Gasteiger partial charge in [0.1, 0.15) is 6.04 Å². The van der Waals surface area contributed by atoms with E-state index in [1.807, 2.05) is 30.3 Å². The van der Waals surface area contributed by atoms with Gasteiger partial charge in [-0.25, -0.2) is 4.79 Å². The maximum Gasteiger partial charge on any atom is 0.326 e. The molecule has 5 amide bonds. The maximum absolute atomic E-state index is 12.1. The van der Waals surface area contributed by atoms with E-state index >= 15 is 0 Å². The van der Waals surface area contributed by atoms with Gasteiger partial charge in [0.25, 0.3) is 0 Å². The van der Waals surface area contributed by atoms with Crippen molar-refractivity contribution in [3.8, 4) is 0 Å². The molecule has 8 N–H and O–H groups in total. The Morgan fingerprint density at radius 3 is 1.49 bits per heavy atom. The Balaban J connectivity index is 1.60. The molecule has 0 saturated heterocycles. The van der Waals surface area contributed by atoms with Gasteiger partial charge in [-0.3, -0.25) is 24.0 Å². The fourth-order valence-electron chi connectivity index (χ4n) is 3.28. The molecule has 0 aliphatic rings. The number of carbonyl (C=O) groups is 6. The summed E-state index contributed by atoms with van der Waals surface area (Å²) in [6.45, 7) is -1.79. The number of carboxylic acid groups (broad SMARTS) is 1. The highest BCUT2D eigenvalue weighted by molar-refractivity contribution is 5.92. The number of carbonyl (C=O) groups excluding carboxylic acids is 5. The van der Waals surface area contributed by atoms with Crippen molar-refractivity contribution in [2.75, 3.05) is 26.2 Å². The number of aliphatic carboxylic acids is 1. The SMILES string of the molecule is N[C@@H](Cc1ccccc1)C(=O)NCC(=O)NCC(=O)NCC(=O)NCC(=O)N[C@@H](Cc1ccccc1)C(=O)O. The molecule has 0 aliphatic carbocycles. The molecule has 39 heavy (non-hydrogen) atoms. The average molecular weight is 541 g/mol. The molecule has 0 spiro atoms. The second-order valence-electron chi connectivity index (χ2n) is 8.49. The van der Waals surface area contributed by atoms with Crippen LogP contribution in [0.5, 0.6) is 0 Å². The van der Waals surface area contributed by atoms with Crippen LogP contribution < -0.4 is 32.3 Å². The number of carboxylic acids is 1. The molecule has 0 saturated carbocycles. The molecule has 2 aromatic carbocycles. The van der Waals surface area contributed by atoms with E-state index in [1.165, 1.54) is 0 Å². The van der Waals surface area contributed by atoms with Crippen molar-refractivity contribution in [2.24, 2.45) is 5.73 Å². The number of amides is 5. The van der Waals surface area contributed by atoms with E-state index in [4.69, 9.17) is 5.73 Å². The highest BCUT2D eigenvalue weighted by atomic mass is 16.4. The van der Waals surface area contributed by atoms with Crippen LogP contribution in [0, 0.1) is 0 Å². The van der Waals surface area contributed by atoms with Gasteiger partial charge in [0, 0.05) is 6.42 Å². The Morgan fingerprint density at radius 2 is 1.03 bits per heavy atom. The first-order chi connectivity index (χ1) is 18.6. The minimum absolute atomic E-state index is 0.0712. The third-order valence-corrected chi connectivity index (χ3v) is 5.31. The summed E-state index contributed by atoms with van der Waals surface area (Å²) in [7, 11) is 0. The molecule has 0 fully saturated rings. The van der Waals surface area contributed by atoms with Crippen molar-refractivity contribution >= 4 is 35.5 Å². The minimum Gasteiger partial charge on any atom is -0.480 e. The Hall–Kier alpha value is -4.78. The molecule has 13 nitrogen and oxygen atoms in total. The average Bonchev–Trinajstić information content (AvgIpc) is 2.93. The van der Waals surface area contributed by atoms with Gasteiger partial charge in [-0.2, -0.15) is 0 Å². The monoisotopic (exact) mass is 540 g/mol. The van der Waals surface area contributed by atoms with Crippen molar-refractivity contribution in [1.29, 1.82) is 0 Å². The maximum atomic E-state index is 12.1. The molecule has 0 aromatic heterocycles. The van der Waals surface area contributed by atoms with E-state index in [-0.39, 0.29) is 13.0 Å². The predicted octanol–water partition coefficient (Wildman–Crippen LogP) is -2.17. The molecule has 0 unspecified atom stereocenters. The Morgan fingerprint density at radius 1 is 0.615 bits per heavy atom. The van der Waals surface area contributed by atoms with E-state index in [9.17, 15) is 33.9 Å². The molecule has 0 aliphatic heterocycles. The largest absolute Gasteiger partial charge is 0.480 e. The summed E-state index contributed by atoms with van der Waals surface area (Å²) in [5, 5.41) is 20.9. The summed E-state index contributed by atoms with van der Waals surface area (Å²) >= 11 is 0. The van der Waals surface area contributed by atoms with E-state index in [2.05, 4.69) is 26.6 Å². The van der Waals surface area contributed by atoms with Gasteiger partial charge in [-0.1, -0.05) is 60.7 Å². The second-order valence-corrected chi connectivity index (χ2v) is 8.49. The summed E-state index contributed by atoms with van der Waals surface area (Å²) in [4.78, 5) is 71.2. The van der Waals surface area contributed by atoms with E-state index < -0.39 is 67.2 Å². The fraction of sp³-hybridized carbons (Fsp3) is 0.308. The highest BCUT2D eigenvalue weighted by Crippen LogP contribution is 2.04. The quantitative estimate of drug-likeness (QED) is 0.132. The summed E-state index contributed by atoms with van der Waals surface area (Å²) in [6.07, 6.45) is 0.371. The second kappa shape index (κ2) is 16.1. The number of nitrogens with two attached hydrogens (primary N) is 1. The van der Waals surface area contributed by atoms with Crippen LogP contribution in [-0.4, -0.2) is 78.9 Å². The normalized spacial score (nSPS) is 11.8. The smallest absolute Gasteiger partial charge is 0.326 e. The fourth-order valence-corrected chi connectivity index (χ4v) is 3.28. The van der Waals surface area contributed by atoms with Crippen molar-refractivity contribution < 1.29 is 33.9 Å². The topological polar surface area (TPSA) is 209 Å². The predicted molar refractivity (Wildman–Crippen MR) is 140 cm³/mol. The van der Waals surface area contributed by atoms with Crippen LogP contribution in [0.4, 0.5) is 0 Å². The van der Waals surface area contributed by atoms with Crippen LogP contribution in [0.2, 0.25) is 0 Å². The van der Waals surface area contributed by atoms with Gasteiger partial charge < -0.3 is 37.4 Å². The number of hydrogen-bond donors (Lipinski definition) is 7. The van der Waals surface area contributed by atoms with Crippen molar-refractivity contribution in [1.82, 2.24) is 26.6 Å². The molecule has 0 radical (unpaired) electrons. The third kappa shape index (κ3) is 12.3. The highest BCUT2D eigenvalue weighted by Gasteiger charge is 2.21. The molecule has 13 heteroatoms. The number of nitrogens with one attached hydrogen (secondary N) is 5. The zero-order valence-electron chi connectivity index (χ0n) is 21.1. The van der Waals surface area contributed by atoms with Crippen LogP contribution in [0.1, 0.15) is 11.1 Å². The van der Waals surface area contributed by atoms with Gasteiger partial charge in [0.2, 0.25) is 29.5 Å². The Labute approximate surface area is 224 Å². The summed E-state index contributed by atoms with van der Waals surface area (Å²) < 4.78 is 0. The lowest BCUT2D eigenvalue weighted by atomic mass is 10.1. The van der Waals surface area contributed by atoms with Crippen molar-refractivity contribution in [3.05, 3.63) is 71.8 Å². The first-order valence-corrected chi connectivity index (χ1v) is 12.1. The first-order valence-electron chi connectivity index (χ1n) is 12.1. The third-order valence-electron chi connectivity index (χ3n) is 5.31. The van der Waals surface area contributed by atoms with Crippen LogP contribution >= 0.6 is 0 Å². The number of benzene rings is 2. The number of hydrogen-bond acceptors (Lipinski definition) is 7. The van der Waals surface area contributed by atoms with Gasteiger partial charge in [-0.15, -0.1) is 0 Å².